The first-order valence-corrected chi connectivity index (χ1v) is 9.43. The summed E-state index contributed by atoms with van der Waals surface area (Å²) >= 11 is 0. The van der Waals surface area contributed by atoms with Crippen LogP contribution in [0.2, 0.25) is 0 Å². The van der Waals surface area contributed by atoms with Gasteiger partial charge in [-0.2, -0.15) is 0 Å². The van der Waals surface area contributed by atoms with Crippen molar-refractivity contribution in [3.05, 3.63) is 102 Å². The molecule has 0 aromatic heterocycles. The van der Waals surface area contributed by atoms with Crippen molar-refractivity contribution in [2.75, 3.05) is 0 Å². The molecule has 0 saturated carbocycles. The molecule has 0 N–H and O–H groups in total. The molecule has 1 aliphatic heterocycles. The highest BCUT2D eigenvalue weighted by Crippen LogP contribution is 2.64. The third-order valence-corrected chi connectivity index (χ3v) is 6.05. The van der Waals surface area contributed by atoms with E-state index in [0.29, 0.717) is 5.30 Å². The minimum Gasteiger partial charge on any atom is -0.294 e. The van der Waals surface area contributed by atoms with E-state index in [1.807, 2.05) is 78.9 Å². The van der Waals surface area contributed by atoms with Crippen LogP contribution in [-0.4, -0.2) is 0 Å². The summed E-state index contributed by atoms with van der Waals surface area (Å²) in [7, 11) is -3.37. The van der Waals surface area contributed by atoms with E-state index in [0.717, 1.165) is 11.1 Å². The van der Waals surface area contributed by atoms with Crippen molar-refractivity contribution < 1.29 is 13.6 Å². The molecule has 1 heterocycles. The van der Waals surface area contributed by atoms with E-state index < -0.39 is 19.8 Å². The number of hydrogen-bond acceptors (Lipinski definition) is 3. The Hall–Kier alpha value is -2.19. The number of rotatable bonds is 3. The van der Waals surface area contributed by atoms with Gasteiger partial charge in [0.05, 0.1) is 5.30 Å². The topological polar surface area (TPSA) is 35.5 Å². The molecule has 0 radical (unpaired) electrons. The second-order valence-electron chi connectivity index (χ2n) is 5.71. The van der Waals surface area contributed by atoms with Gasteiger partial charge in [0.1, 0.15) is 12.2 Å². The van der Waals surface area contributed by atoms with Crippen molar-refractivity contribution in [1.29, 1.82) is 0 Å². The van der Waals surface area contributed by atoms with Crippen molar-refractivity contribution >= 4 is 12.9 Å². The van der Waals surface area contributed by atoms with Gasteiger partial charge < -0.3 is 0 Å². The summed E-state index contributed by atoms with van der Waals surface area (Å²) in [6.45, 7) is 0. The monoisotopic (exact) mass is 336 g/mol. The molecule has 1 saturated heterocycles. The fraction of sp³-hybridized carbons (Fsp3) is 0.100. The van der Waals surface area contributed by atoms with Gasteiger partial charge in [-0.1, -0.05) is 78.9 Å². The van der Waals surface area contributed by atoms with E-state index in [2.05, 4.69) is 0 Å². The zero-order valence-electron chi connectivity index (χ0n) is 13.0. The molecule has 0 amide bonds. The molecule has 3 nitrogen and oxygen atoms in total. The summed E-state index contributed by atoms with van der Waals surface area (Å²) in [6, 6.07) is 28.8. The van der Waals surface area contributed by atoms with Crippen LogP contribution in [0, 0.1) is 0 Å². The smallest absolute Gasteiger partial charge is 0.294 e. The Bertz CT molecular complexity index is 798. The van der Waals surface area contributed by atoms with Crippen LogP contribution >= 0.6 is 7.60 Å². The quantitative estimate of drug-likeness (QED) is 0.629. The maximum absolute atomic E-state index is 13.3. The van der Waals surface area contributed by atoms with E-state index in [9.17, 15) is 4.57 Å². The number of hydrogen-bond donors (Lipinski definition) is 0. The third kappa shape index (κ3) is 2.83. The van der Waals surface area contributed by atoms with Crippen LogP contribution in [0.25, 0.3) is 0 Å². The van der Waals surface area contributed by atoms with Gasteiger partial charge in [-0.3, -0.25) is 13.6 Å². The highest BCUT2D eigenvalue weighted by Gasteiger charge is 2.46. The van der Waals surface area contributed by atoms with Gasteiger partial charge in [-0.15, -0.1) is 0 Å². The van der Waals surface area contributed by atoms with Gasteiger partial charge in [0.2, 0.25) is 0 Å². The van der Waals surface area contributed by atoms with Crippen LogP contribution in [0.4, 0.5) is 0 Å². The van der Waals surface area contributed by atoms with Gasteiger partial charge in [-0.05, 0) is 23.3 Å². The SMILES string of the molecule is O=P1(c2ccccc2)O[C@H](c2ccccc2)[C@H](c2ccccc2)O1. The van der Waals surface area contributed by atoms with Crippen molar-refractivity contribution in [3.63, 3.8) is 0 Å². The van der Waals surface area contributed by atoms with E-state index in [1.54, 1.807) is 12.1 Å². The predicted molar refractivity (Wildman–Crippen MR) is 94.2 cm³/mol. The van der Waals surface area contributed by atoms with Crippen LogP contribution in [0.5, 0.6) is 0 Å². The lowest BCUT2D eigenvalue weighted by atomic mass is 9.99. The van der Waals surface area contributed by atoms with Crippen molar-refractivity contribution in [3.8, 4) is 0 Å². The van der Waals surface area contributed by atoms with Crippen LogP contribution in [0.3, 0.4) is 0 Å². The van der Waals surface area contributed by atoms with Gasteiger partial charge >= 0.3 is 7.60 Å². The van der Waals surface area contributed by atoms with E-state index in [1.165, 1.54) is 0 Å². The van der Waals surface area contributed by atoms with Crippen LogP contribution in [0.1, 0.15) is 23.3 Å². The Morgan fingerprint density at radius 3 is 1.38 bits per heavy atom. The Morgan fingerprint density at radius 2 is 0.958 bits per heavy atom. The summed E-state index contributed by atoms with van der Waals surface area (Å²) in [4.78, 5) is 0. The summed E-state index contributed by atoms with van der Waals surface area (Å²) in [5, 5.41) is 0.587. The van der Waals surface area contributed by atoms with Gasteiger partial charge in [-0.25, -0.2) is 0 Å². The van der Waals surface area contributed by atoms with Crippen LogP contribution < -0.4 is 5.30 Å². The van der Waals surface area contributed by atoms with Gasteiger partial charge in [0.15, 0.2) is 0 Å². The second kappa shape index (κ2) is 6.37. The zero-order valence-corrected chi connectivity index (χ0v) is 13.9. The standard InChI is InChI=1S/C20H17O3P/c21-24(18-14-8-3-9-15-18)22-19(16-10-4-1-5-11-16)20(23-24)17-12-6-2-7-13-17/h1-15,19-20H/t19-,20+,24?. The normalized spacial score (nSPS) is 26.3. The van der Waals surface area contributed by atoms with Gasteiger partial charge in [0.25, 0.3) is 0 Å². The lowest BCUT2D eigenvalue weighted by Crippen LogP contribution is -2.06. The first kappa shape index (κ1) is 15.3. The van der Waals surface area contributed by atoms with Crippen LogP contribution in [0.15, 0.2) is 91.0 Å². The molecule has 0 spiro atoms. The predicted octanol–water partition coefficient (Wildman–Crippen LogP) is 5.03. The molecule has 1 aliphatic rings. The molecule has 4 heteroatoms. The Labute approximate surface area is 141 Å². The molecule has 1 unspecified atom stereocenters. The molecule has 0 bridgehead atoms. The second-order valence-corrected chi connectivity index (χ2v) is 7.64. The maximum Gasteiger partial charge on any atom is 0.362 e. The van der Waals surface area contributed by atoms with Crippen molar-refractivity contribution in [1.82, 2.24) is 0 Å². The fourth-order valence-corrected chi connectivity index (χ4v) is 4.82. The highest BCUT2D eigenvalue weighted by molar-refractivity contribution is 7.62. The molecular formula is C20H17O3P. The molecule has 3 aromatic carbocycles. The molecule has 24 heavy (non-hydrogen) atoms. The van der Waals surface area contributed by atoms with E-state index >= 15 is 0 Å². The summed E-state index contributed by atoms with van der Waals surface area (Å²) in [5.74, 6) is 0. The first-order valence-electron chi connectivity index (χ1n) is 7.89. The zero-order chi connectivity index (χ0) is 16.4. The summed E-state index contributed by atoms with van der Waals surface area (Å²) in [6.07, 6.45) is -0.806. The summed E-state index contributed by atoms with van der Waals surface area (Å²) in [5.41, 5.74) is 1.92. The van der Waals surface area contributed by atoms with Crippen LogP contribution in [-0.2, 0) is 13.6 Å². The van der Waals surface area contributed by atoms with E-state index in [4.69, 9.17) is 9.05 Å². The minimum absolute atomic E-state index is 0.403. The third-order valence-electron chi connectivity index (χ3n) is 4.11. The molecule has 1 fully saturated rings. The van der Waals surface area contributed by atoms with Gasteiger partial charge in [0, 0.05) is 0 Å². The lowest BCUT2D eigenvalue weighted by molar-refractivity contribution is 0.159. The average Bonchev–Trinajstić information content (AvgIpc) is 3.03. The van der Waals surface area contributed by atoms with Crippen molar-refractivity contribution in [2.45, 2.75) is 12.2 Å². The largest absolute Gasteiger partial charge is 0.362 e. The Balaban J connectivity index is 1.77. The molecule has 4 rings (SSSR count). The highest BCUT2D eigenvalue weighted by atomic mass is 31.2. The average molecular weight is 336 g/mol. The van der Waals surface area contributed by atoms with Crippen molar-refractivity contribution in [2.24, 2.45) is 0 Å². The fourth-order valence-electron chi connectivity index (χ4n) is 2.92. The first-order chi connectivity index (χ1) is 11.8. The molecule has 3 atom stereocenters. The lowest BCUT2D eigenvalue weighted by Gasteiger charge is -2.16. The molecular weight excluding hydrogens is 319 g/mol. The summed E-state index contributed by atoms with van der Waals surface area (Å²) < 4.78 is 25.4. The molecule has 0 aliphatic carbocycles. The number of benzene rings is 3. The molecule has 120 valence electrons. The molecule has 3 aromatic rings. The minimum atomic E-state index is -3.37. The Morgan fingerprint density at radius 1 is 0.583 bits per heavy atom. The van der Waals surface area contributed by atoms with E-state index in [-0.39, 0.29) is 0 Å². The maximum atomic E-state index is 13.3. The Kier molecular flexibility index (Phi) is 4.07.